The minimum Gasteiger partial charge on any atom is -0.344 e. The van der Waals surface area contributed by atoms with Gasteiger partial charge in [0.25, 0.3) is 0 Å². The van der Waals surface area contributed by atoms with Gasteiger partial charge in [-0.25, -0.2) is 0 Å². The van der Waals surface area contributed by atoms with Gasteiger partial charge in [-0.15, -0.1) is 0 Å². The van der Waals surface area contributed by atoms with Gasteiger partial charge in [0.1, 0.15) is 0 Å². The van der Waals surface area contributed by atoms with Gasteiger partial charge in [0, 0.05) is 6.54 Å². The normalized spacial score (nSPS) is 31.4. The Morgan fingerprint density at radius 2 is 2.25 bits per heavy atom. The average molecular weight is 170 g/mol. The first kappa shape index (κ1) is 9.19. The zero-order chi connectivity index (χ0) is 9.30. The van der Waals surface area contributed by atoms with E-state index in [1.54, 1.807) is 0 Å². The third kappa shape index (κ3) is 1.64. The number of nitrogens with one attached hydrogen (secondary N) is 1. The van der Waals surface area contributed by atoms with Crippen molar-refractivity contribution < 1.29 is 9.59 Å². The summed E-state index contributed by atoms with van der Waals surface area (Å²) in [5.74, 6) is -0.0500. The van der Waals surface area contributed by atoms with Crippen molar-refractivity contribution in [3.8, 4) is 0 Å². The highest BCUT2D eigenvalue weighted by Crippen LogP contribution is 2.05. The van der Waals surface area contributed by atoms with Crippen LogP contribution < -0.4 is 5.32 Å². The predicted octanol–water partition coefficient (Wildman–Crippen LogP) is -0.606. The van der Waals surface area contributed by atoms with Crippen LogP contribution in [-0.2, 0) is 9.59 Å². The topological polar surface area (TPSA) is 49.4 Å². The number of hydrogen-bond acceptors (Lipinski definition) is 3. The highest BCUT2D eigenvalue weighted by atomic mass is 16.2. The maximum atomic E-state index is 11.2. The van der Waals surface area contributed by atoms with Gasteiger partial charge in [-0.2, -0.15) is 0 Å². The molecular weight excluding hydrogens is 156 g/mol. The fraction of sp³-hybridized carbons (Fsp3) is 0.750. The van der Waals surface area contributed by atoms with Crippen molar-refractivity contribution >= 4 is 11.7 Å². The van der Waals surface area contributed by atoms with Crippen molar-refractivity contribution in [2.75, 3.05) is 13.6 Å². The molecule has 0 aromatic rings. The van der Waals surface area contributed by atoms with Crippen LogP contribution in [0, 0.1) is 0 Å². The first-order valence-corrected chi connectivity index (χ1v) is 4.03. The van der Waals surface area contributed by atoms with Crippen LogP contribution in [0.2, 0.25) is 0 Å². The molecule has 0 bridgehead atoms. The molecule has 0 aromatic heterocycles. The summed E-state index contributed by atoms with van der Waals surface area (Å²) in [6.45, 7) is 3.93. The first-order valence-electron chi connectivity index (χ1n) is 4.03. The van der Waals surface area contributed by atoms with E-state index in [1.807, 2.05) is 18.9 Å². The molecule has 1 rings (SSSR count). The molecule has 68 valence electrons. The van der Waals surface area contributed by atoms with Crippen LogP contribution in [-0.4, -0.2) is 42.3 Å². The van der Waals surface area contributed by atoms with Gasteiger partial charge in [0.2, 0.25) is 5.91 Å². The second-order valence-corrected chi connectivity index (χ2v) is 3.29. The molecule has 2 atom stereocenters. The third-order valence-corrected chi connectivity index (χ3v) is 2.32. The molecule has 4 heteroatoms. The van der Waals surface area contributed by atoms with E-state index in [9.17, 15) is 9.59 Å². The summed E-state index contributed by atoms with van der Waals surface area (Å²) in [6.07, 6.45) is 0. The van der Waals surface area contributed by atoms with E-state index >= 15 is 0 Å². The average Bonchev–Trinajstić information content (AvgIpc) is 1.99. The lowest BCUT2D eigenvalue weighted by molar-refractivity contribution is -0.134. The second-order valence-electron chi connectivity index (χ2n) is 3.29. The maximum absolute atomic E-state index is 11.2. The quantitative estimate of drug-likeness (QED) is 0.571. The van der Waals surface area contributed by atoms with E-state index in [1.165, 1.54) is 6.92 Å². The number of Topliss-reactive ketones (excluding diaryl/α,β-unsaturated/α-hetero) is 1. The van der Waals surface area contributed by atoms with Gasteiger partial charge in [-0.3, -0.25) is 14.5 Å². The summed E-state index contributed by atoms with van der Waals surface area (Å²) < 4.78 is 0. The molecule has 1 aliphatic heterocycles. The molecule has 0 aliphatic carbocycles. The van der Waals surface area contributed by atoms with Crippen LogP contribution in [0.15, 0.2) is 0 Å². The largest absolute Gasteiger partial charge is 0.344 e. The van der Waals surface area contributed by atoms with E-state index in [2.05, 4.69) is 5.32 Å². The van der Waals surface area contributed by atoms with Gasteiger partial charge < -0.3 is 5.32 Å². The molecule has 1 heterocycles. The van der Waals surface area contributed by atoms with E-state index in [-0.39, 0.29) is 23.8 Å². The molecular formula is C8H14N2O2. The Kier molecular flexibility index (Phi) is 2.47. The molecule has 0 aromatic carbocycles. The monoisotopic (exact) mass is 170 g/mol. The lowest BCUT2D eigenvalue weighted by Gasteiger charge is -2.33. The number of carbonyl (C=O) groups is 2. The van der Waals surface area contributed by atoms with Crippen molar-refractivity contribution in [3.63, 3.8) is 0 Å². The summed E-state index contributed by atoms with van der Waals surface area (Å²) in [7, 11) is 1.85. The number of piperazine rings is 1. The first-order chi connectivity index (χ1) is 5.52. The minimum atomic E-state index is -0.321. The van der Waals surface area contributed by atoms with Crippen molar-refractivity contribution in [3.05, 3.63) is 0 Å². The van der Waals surface area contributed by atoms with Crippen LogP contribution in [0.5, 0.6) is 0 Å². The number of carbonyl (C=O) groups excluding carboxylic acids is 2. The number of hydrogen-bond donors (Lipinski definition) is 1. The standard InChI is InChI=1S/C8H14N2O2/c1-5-8(12)9-7(6(2)11)4-10(5)3/h5,7H,4H2,1-3H3,(H,9,12)/t5-,7-/m1/s1. The summed E-state index contributed by atoms with van der Waals surface area (Å²) in [5.41, 5.74) is 0. The zero-order valence-corrected chi connectivity index (χ0v) is 7.63. The van der Waals surface area contributed by atoms with Crippen molar-refractivity contribution in [1.29, 1.82) is 0 Å². The lowest BCUT2D eigenvalue weighted by Crippen LogP contribution is -2.59. The highest BCUT2D eigenvalue weighted by molar-refractivity contribution is 5.90. The van der Waals surface area contributed by atoms with E-state index in [0.717, 1.165) is 0 Å². The molecule has 12 heavy (non-hydrogen) atoms. The van der Waals surface area contributed by atoms with Gasteiger partial charge in [-0.05, 0) is 20.9 Å². The van der Waals surface area contributed by atoms with Crippen LogP contribution >= 0.6 is 0 Å². The van der Waals surface area contributed by atoms with Gasteiger partial charge in [-0.1, -0.05) is 0 Å². The second kappa shape index (κ2) is 3.23. The van der Waals surface area contributed by atoms with E-state index < -0.39 is 0 Å². The summed E-state index contributed by atoms with van der Waals surface area (Å²) >= 11 is 0. The summed E-state index contributed by atoms with van der Waals surface area (Å²) in [6, 6.07) is -0.445. The van der Waals surface area contributed by atoms with E-state index in [4.69, 9.17) is 0 Å². The molecule has 1 N–H and O–H groups in total. The summed E-state index contributed by atoms with van der Waals surface area (Å²) in [4.78, 5) is 24.0. The number of nitrogens with zero attached hydrogens (tertiary/aromatic N) is 1. The molecule has 0 unspecified atom stereocenters. The van der Waals surface area contributed by atoms with Crippen LogP contribution in [0.1, 0.15) is 13.8 Å². The fourth-order valence-corrected chi connectivity index (χ4v) is 1.21. The zero-order valence-electron chi connectivity index (χ0n) is 7.63. The van der Waals surface area contributed by atoms with Crippen molar-refractivity contribution in [1.82, 2.24) is 10.2 Å². The van der Waals surface area contributed by atoms with Crippen LogP contribution in [0.25, 0.3) is 0 Å². The SMILES string of the molecule is CC(=O)[C@H]1CN(C)[C@H](C)C(=O)N1. The third-order valence-electron chi connectivity index (χ3n) is 2.32. The van der Waals surface area contributed by atoms with Gasteiger partial charge in [0.05, 0.1) is 12.1 Å². The summed E-state index contributed by atoms with van der Waals surface area (Å²) in [5, 5.41) is 2.67. The highest BCUT2D eigenvalue weighted by Gasteiger charge is 2.30. The Hall–Kier alpha value is -0.900. The molecule has 1 saturated heterocycles. The number of rotatable bonds is 1. The molecule has 0 saturated carbocycles. The minimum absolute atomic E-state index is 0.0158. The van der Waals surface area contributed by atoms with Gasteiger partial charge in [0.15, 0.2) is 5.78 Å². The Morgan fingerprint density at radius 3 is 2.67 bits per heavy atom. The van der Waals surface area contributed by atoms with Crippen LogP contribution in [0.3, 0.4) is 0 Å². The molecule has 1 fully saturated rings. The smallest absolute Gasteiger partial charge is 0.237 e. The fourth-order valence-electron chi connectivity index (χ4n) is 1.21. The van der Waals surface area contributed by atoms with Crippen molar-refractivity contribution in [2.45, 2.75) is 25.9 Å². The molecule has 0 radical (unpaired) electrons. The lowest BCUT2D eigenvalue weighted by atomic mass is 10.1. The Morgan fingerprint density at radius 1 is 1.67 bits per heavy atom. The molecule has 0 spiro atoms. The Labute approximate surface area is 71.9 Å². The van der Waals surface area contributed by atoms with Crippen LogP contribution in [0.4, 0.5) is 0 Å². The predicted molar refractivity (Wildman–Crippen MR) is 44.7 cm³/mol. The number of ketones is 1. The molecule has 1 amide bonds. The maximum Gasteiger partial charge on any atom is 0.237 e. The number of amides is 1. The Bertz CT molecular complexity index is 215. The van der Waals surface area contributed by atoms with E-state index in [0.29, 0.717) is 6.54 Å². The van der Waals surface area contributed by atoms with Gasteiger partial charge >= 0.3 is 0 Å². The Balaban J connectivity index is 2.66. The molecule has 4 nitrogen and oxygen atoms in total. The molecule has 1 aliphatic rings. The number of likely N-dealkylation sites (N-methyl/N-ethyl adjacent to an activating group) is 1. The van der Waals surface area contributed by atoms with Crippen molar-refractivity contribution in [2.24, 2.45) is 0 Å².